The van der Waals surface area contributed by atoms with Crippen LogP contribution in [0.2, 0.25) is 0 Å². The molecule has 0 saturated carbocycles. The Morgan fingerprint density at radius 2 is 1.86 bits per heavy atom. The Bertz CT molecular complexity index is 287. The van der Waals surface area contributed by atoms with E-state index in [1.807, 2.05) is 6.07 Å². The number of ether oxygens (including phenoxy) is 1. The van der Waals surface area contributed by atoms with Crippen LogP contribution in [0.5, 0.6) is 5.75 Å². The van der Waals surface area contributed by atoms with Crippen LogP contribution in [0.3, 0.4) is 0 Å². The fourth-order valence-electron chi connectivity index (χ4n) is 1.66. The van der Waals surface area contributed by atoms with E-state index in [0.29, 0.717) is 0 Å². The quantitative estimate of drug-likeness (QED) is 0.705. The topological polar surface area (TPSA) is 9.23 Å². The SMILES string of the molecule is CCC(C)(CC)c1cccc(OC)c1. The van der Waals surface area contributed by atoms with E-state index in [1.165, 1.54) is 5.56 Å². The van der Waals surface area contributed by atoms with Gasteiger partial charge < -0.3 is 4.74 Å². The van der Waals surface area contributed by atoms with Crippen molar-refractivity contribution in [2.75, 3.05) is 7.11 Å². The van der Waals surface area contributed by atoms with Gasteiger partial charge in [-0.3, -0.25) is 0 Å². The maximum absolute atomic E-state index is 5.24. The maximum atomic E-state index is 5.24. The minimum absolute atomic E-state index is 0.286. The summed E-state index contributed by atoms with van der Waals surface area (Å²) in [6.07, 6.45) is 2.33. The first-order valence-corrected chi connectivity index (χ1v) is 5.31. The Balaban J connectivity index is 3.04. The molecule has 0 amide bonds. The summed E-state index contributed by atoms with van der Waals surface area (Å²) >= 11 is 0. The zero-order chi connectivity index (χ0) is 10.6. The van der Waals surface area contributed by atoms with Crippen molar-refractivity contribution in [1.29, 1.82) is 0 Å². The van der Waals surface area contributed by atoms with Crippen molar-refractivity contribution in [3.8, 4) is 5.75 Å². The molecule has 0 aliphatic heterocycles. The molecule has 1 rings (SSSR count). The molecule has 0 unspecified atom stereocenters. The Morgan fingerprint density at radius 1 is 1.21 bits per heavy atom. The van der Waals surface area contributed by atoms with Crippen LogP contribution in [0, 0.1) is 0 Å². The summed E-state index contributed by atoms with van der Waals surface area (Å²) in [5.74, 6) is 0.954. The molecule has 0 bridgehead atoms. The van der Waals surface area contributed by atoms with Gasteiger partial charge in [0.25, 0.3) is 0 Å². The number of hydrogen-bond acceptors (Lipinski definition) is 1. The van der Waals surface area contributed by atoms with Crippen molar-refractivity contribution in [3.05, 3.63) is 29.8 Å². The van der Waals surface area contributed by atoms with E-state index in [9.17, 15) is 0 Å². The average molecular weight is 192 g/mol. The summed E-state index contributed by atoms with van der Waals surface area (Å²) in [5, 5.41) is 0. The Hall–Kier alpha value is -0.980. The summed E-state index contributed by atoms with van der Waals surface area (Å²) in [7, 11) is 1.72. The Labute approximate surface area is 87.1 Å². The highest BCUT2D eigenvalue weighted by atomic mass is 16.5. The van der Waals surface area contributed by atoms with Gasteiger partial charge in [-0.2, -0.15) is 0 Å². The van der Waals surface area contributed by atoms with Crippen molar-refractivity contribution >= 4 is 0 Å². The zero-order valence-corrected chi connectivity index (χ0v) is 9.63. The van der Waals surface area contributed by atoms with Crippen LogP contribution >= 0.6 is 0 Å². The fraction of sp³-hybridized carbons (Fsp3) is 0.538. The van der Waals surface area contributed by atoms with Gasteiger partial charge in [-0.05, 0) is 36.0 Å². The van der Waals surface area contributed by atoms with E-state index >= 15 is 0 Å². The summed E-state index contributed by atoms with van der Waals surface area (Å²) in [6, 6.07) is 8.40. The summed E-state index contributed by atoms with van der Waals surface area (Å²) in [4.78, 5) is 0. The van der Waals surface area contributed by atoms with E-state index in [2.05, 4.69) is 39.0 Å². The van der Waals surface area contributed by atoms with Crippen LogP contribution < -0.4 is 4.74 Å². The fourth-order valence-corrected chi connectivity index (χ4v) is 1.66. The van der Waals surface area contributed by atoms with Crippen LogP contribution in [-0.2, 0) is 5.41 Å². The first-order chi connectivity index (χ1) is 6.66. The van der Waals surface area contributed by atoms with Gasteiger partial charge in [0.05, 0.1) is 7.11 Å². The lowest BCUT2D eigenvalue weighted by Crippen LogP contribution is -2.19. The van der Waals surface area contributed by atoms with Gasteiger partial charge in [-0.25, -0.2) is 0 Å². The highest BCUT2D eigenvalue weighted by Gasteiger charge is 2.22. The van der Waals surface area contributed by atoms with Crippen molar-refractivity contribution < 1.29 is 4.74 Å². The van der Waals surface area contributed by atoms with Crippen molar-refractivity contribution in [3.63, 3.8) is 0 Å². The summed E-state index contributed by atoms with van der Waals surface area (Å²) < 4.78 is 5.24. The predicted molar refractivity (Wildman–Crippen MR) is 60.9 cm³/mol. The van der Waals surface area contributed by atoms with Crippen molar-refractivity contribution in [2.45, 2.75) is 39.0 Å². The van der Waals surface area contributed by atoms with E-state index < -0.39 is 0 Å². The monoisotopic (exact) mass is 192 g/mol. The lowest BCUT2D eigenvalue weighted by atomic mass is 9.78. The van der Waals surface area contributed by atoms with E-state index in [0.717, 1.165) is 18.6 Å². The van der Waals surface area contributed by atoms with Gasteiger partial charge in [0.15, 0.2) is 0 Å². The first-order valence-electron chi connectivity index (χ1n) is 5.31. The first kappa shape index (κ1) is 11.1. The molecule has 78 valence electrons. The van der Waals surface area contributed by atoms with Crippen molar-refractivity contribution in [2.24, 2.45) is 0 Å². The Morgan fingerprint density at radius 3 is 2.36 bits per heavy atom. The van der Waals surface area contributed by atoms with Gasteiger partial charge >= 0.3 is 0 Å². The molecule has 1 aromatic carbocycles. The van der Waals surface area contributed by atoms with Crippen LogP contribution in [-0.4, -0.2) is 7.11 Å². The number of rotatable bonds is 4. The third-order valence-corrected chi connectivity index (χ3v) is 3.33. The highest BCUT2D eigenvalue weighted by Crippen LogP contribution is 2.32. The maximum Gasteiger partial charge on any atom is 0.119 e. The van der Waals surface area contributed by atoms with Crippen LogP contribution in [0.25, 0.3) is 0 Å². The molecule has 0 N–H and O–H groups in total. The van der Waals surface area contributed by atoms with E-state index in [1.54, 1.807) is 7.11 Å². The van der Waals surface area contributed by atoms with Gasteiger partial charge in [0.1, 0.15) is 5.75 Å². The normalized spacial score (nSPS) is 11.4. The van der Waals surface area contributed by atoms with E-state index in [-0.39, 0.29) is 5.41 Å². The molecular weight excluding hydrogens is 172 g/mol. The van der Waals surface area contributed by atoms with Gasteiger partial charge in [-0.1, -0.05) is 32.9 Å². The number of hydrogen-bond donors (Lipinski definition) is 0. The largest absolute Gasteiger partial charge is 0.497 e. The smallest absolute Gasteiger partial charge is 0.119 e. The molecule has 0 saturated heterocycles. The average Bonchev–Trinajstić information content (AvgIpc) is 2.28. The summed E-state index contributed by atoms with van der Waals surface area (Å²) in [5.41, 5.74) is 1.66. The molecule has 14 heavy (non-hydrogen) atoms. The Kier molecular flexibility index (Phi) is 3.56. The van der Waals surface area contributed by atoms with Crippen LogP contribution in [0.15, 0.2) is 24.3 Å². The third-order valence-electron chi connectivity index (χ3n) is 3.33. The molecule has 0 atom stereocenters. The highest BCUT2D eigenvalue weighted by molar-refractivity contribution is 5.33. The molecule has 0 aliphatic carbocycles. The molecule has 0 aliphatic rings. The number of methoxy groups -OCH3 is 1. The second-order valence-corrected chi connectivity index (χ2v) is 4.00. The standard InChI is InChI=1S/C13H20O/c1-5-13(3,6-2)11-8-7-9-12(10-11)14-4/h7-10H,5-6H2,1-4H3. The molecular formula is C13H20O. The van der Waals surface area contributed by atoms with Crippen LogP contribution in [0.4, 0.5) is 0 Å². The van der Waals surface area contributed by atoms with Crippen LogP contribution in [0.1, 0.15) is 39.2 Å². The number of benzene rings is 1. The molecule has 0 spiro atoms. The lowest BCUT2D eigenvalue weighted by molar-refractivity contribution is 0.405. The van der Waals surface area contributed by atoms with Crippen molar-refractivity contribution in [1.82, 2.24) is 0 Å². The second-order valence-electron chi connectivity index (χ2n) is 4.00. The molecule has 1 nitrogen and oxygen atoms in total. The molecule has 0 heterocycles. The predicted octanol–water partition coefficient (Wildman–Crippen LogP) is 3.77. The molecule has 0 aromatic heterocycles. The minimum Gasteiger partial charge on any atom is -0.497 e. The third kappa shape index (κ3) is 2.09. The lowest BCUT2D eigenvalue weighted by Gasteiger charge is -2.27. The minimum atomic E-state index is 0.286. The molecule has 0 fully saturated rings. The molecule has 1 heteroatoms. The van der Waals surface area contributed by atoms with Gasteiger partial charge in [0, 0.05) is 0 Å². The van der Waals surface area contributed by atoms with E-state index in [4.69, 9.17) is 4.74 Å². The molecule has 1 aromatic rings. The second kappa shape index (κ2) is 4.50. The van der Waals surface area contributed by atoms with Gasteiger partial charge in [-0.15, -0.1) is 0 Å². The molecule has 0 radical (unpaired) electrons. The summed E-state index contributed by atoms with van der Waals surface area (Å²) in [6.45, 7) is 6.79. The van der Waals surface area contributed by atoms with Gasteiger partial charge in [0.2, 0.25) is 0 Å². The zero-order valence-electron chi connectivity index (χ0n) is 9.63.